The van der Waals surface area contributed by atoms with E-state index in [9.17, 15) is 4.39 Å². The van der Waals surface area contributed by atoms with Crippen molar-refractivity contribution in [3.63, 3.8) is 0 Å². The highest BCUT2D eigenvalue weighted by Gasteiger charge is 2.29. The van der Waals surface area contributed by atoms with E-state index >= 15 is 0 Å². The highest BCUT2D eigenvalue weighted by atomic mass is 19.1. The first kappa shape index (κ1) is 15.0. The zero-order valence-corrected chi connectivity index (χ0v) is 12.9. The lowest BCUT2D eigenvalue weighted by Gasteiger charge is -2.37. The van der Waals surface area contributed by atoms with E-state index < -0.39 is 0 Å². The molecule has 3 rings (SSSR count). The number of piperidine rings is 1. The fourth-order valence-electron chi connectivity index (χ4n) is 3.25. The molecule has 0 spiro atoms. The van der Waals surface area contributed by atoms with Gasteiger partial charge < -0.3 is 9.64 Å². The van der Waals surface area contributed by atoms with Crippen molar-refractivity contribution in [3.05, 3.63) is 66.0 Å². The van der Waals surface area contributed by atoms with Crippen LogP contribution in [0.3, 0.4) is 0 Å². The fraction of sp³-hybridized carbons (Fsp3) is 0.368. The molecule has 2 aromatic carbocycles. The van der Waals surface area contributed by atoms with E-state index in [2.05, 4.69) is 11.9 Å². The van der Waals surface area contributed by atoms with Crippen LogP contribution in [0.2, 0.25) is 0 Å². The molecule has 0 bridgehead atoms. The molecule has 3 heteroatoms. The minimum atomic E-state index is -0.172. The second-order valence-corrected chi connectivity index (χ2v) is 6.09. The Kier molecular flexibility index (Phi) is 4.74. The van der Waals surface area contributed by atoms with Crippen LogP contribution >= 0.6 is 0 Å². The lowest BCUT2D eigenvalue weighted by Crippen LogP contribution is -2.39. The van der Waals surface area contributed by atoms with Crippen LogP contribution in [0.1, 0.15) is 17.9 Å². The molecule has 0 unspecified atom stereocenters. The predicted octanol–water partition coefficient (Wildman–Crippen LogP) is 3.94. The highest BCUT2D eigenvalue weighted by Crippen LogP contribution is 2.33. The molecule has 1 aliphatic heterocycles. The molecule has 0 radical (unpaired) electrons. The summed E-state index contributed by atoms with van der Waals surface area (Å²) >= 11 is 0. The number of halogens is 1. The lowest BCUT2D eigenvalue weighted by atomic mass is 9.81. The maximum atomic E-state index is 13.1. The molecule has 0 amide bonds. The molecule has 2 atom stereocenters. The Balaban J connectivity index is 1.71. The molecule has 1 heterocycles. The average molecular weight is 299 g/mol. The van der Waals surface area contributed by atoms with Crippen molar-refractivity contribution in [2.24, 2.45) is 5.92 Å². The molecule has 2 aromatic rings. The van der Waals surface area contributed by atoms with Crippen molar-refractivity contribution in [1.82, 2.24) is 4.90 Å². The second-order valence-electron chi connectivity index (χ2n) is 6.09. The largest absolute Gasteiger partial charge is 0.493 e. The number of nitrogens with zero attached hydrogens (tertiary/aromatic N) is 1. The molecular formula is C19H22FNO. The van der Waals surface area contributed by atoms with Crippen LogP contribution in [0.5, 0.6) is 5.75 Å². The zero-order chi connectivity index (χ0) is 15.4. The number of hydrogen-bond acceptors (Lipinski definition) is 2. The van der Waals surface area contributed by atoms with Crippen LogP contribution in [-0.2, 0) is 0 Å². The maximum absolute atomic E-state index is 13.1. The van der Waals surface area contributed by atoms with Crippen LogP contribution in [0.4, 0.5) is 4.39 Å². The molecule has 0 saturated carbocycles. The van der Waals surface area contributed by atoms with Gasteiger partial charge in [-0.15, -0.1) is 0 Å². The van der Waals surface area contributed by atoms with Gasteiger partial charge in [-0.1, -0.05) is 30.3 Å². The van der Waals surface area contributed by atoms with Gasteiger partial charge in [0.15, 0.2) is 0 Å². The summed E-state index contributed by atoms with van der Waals surface area (Å²) in [4.78, 5) is 2.35. The van der Waals surface area contributed by atoms with Gasteiger partial charge >= 0.3 is 0 Å². The molecular weight excluding hydrogens is 277 g/mol. The van der Waals surface area contributed by atoms with E-state index in [1.165, 1.54) is 5.56 Å². The Morgan fingerprint density at radius 3 is 2.55 bits per heavy atom. The molecule has 2 nitrogen and oxygen atoms in total. The first-order chi connectivity index (χ1) is 10.7. The minimum Gasteiger partial charge on any atom is -0.493 e. The van der Waals surface area contributed by atoms with Gasteiger partial charge in [0.25, 0.3) is 0 Å². The van der Waals surface area contributed by atoms with E-state index in [4.69, 9.17) is 4.74 Å². The van der Waals surface area contributed by atoms with Crippen LogP contribution in [-0.4, -0.2) is 31.6 Å². The first-order valence-corrected chi connectivity index (χ1v) is 7.84. The summed E-state index contributed by atoms with van der Waals surface area (Å²) in [5, 5.41) is 0. The molecule has 116 valence electrons. The van der Waals surface area contributed by atoms with Crippen LogP contribution in [0, 0.1) is 11.7 Å². The topological polar surface area (TPSA) is 12.5 Å². The lowest BCUT2D eigenvalue weighted by molar-refractivity contribution is 0.129. The van der Waals surface area contributed by atoms with E-state index in [1.54, 1.807) is 12.1 Å². The molecule has 22 heavy (non-hydrogen) atoms. The molecule has 0 aliphatic carbocycles. The Hall–Kier alpha value is -1.87. The Bertz CT molecular complexity index is 584. The highest BCUT2D eigenvalue weighted by molar-refractivity contribution is 5.23. The summed E-state index contributed by atoms with van der Waals surface area (Å²) in [6, 6.07) is 16.9. The van der Waals surface area contributed by atoms with Crippen molar-refractivity contribution in [2.45, 2.75) is 12.3 Å². The molecule has 1 aliphatic rings. The standard InChI is InChI=1S/C19H22FNO/c1-21-12-11-19(15-7-9-17(20)10-8-15)16(13-21)14-22-18-5-3-2-4-6-18/h2-10,16,19H,11-14H2,1H3/t16-,19-/m0/s1. The molecule has 0 aromatic heterocycles. The fourth-order valence-corrected chi connectivity index (χ4v) is 3.25. The normalized spacial score (nSPS) is 22.5. The summed E-state index contributed by atoms with van der Waals surface area (Å²) in [6.45, 7) is 2.77. The van der Waals surface area contributed by atoms with Gasteiger partial charge in [-0.05, 0) is 55.8 Å². The zero-order valence-electron chi connectivity index (χ0n) is 12.9. The third kappa shape index (κ3) is 3.66. The summed E-state index contributed by atoms with van der Waals surface area (Å²) in [6.07, 6.45) is 1.09. The minimum absolute atomic E-state index is 0.172. The van der Waals surface area contributed by atoms with Crippen LogP contribution in [0.15, 0.2) is 54.6 Å². The summed E-state index contributed by atoms with van der Waals surface area (Å²) < 4.78 is 19.1. The quantitative estimate of drug-likeness (QED) is 0.848. The number of likely N-dealkylation sites (tertiary alicyclic amines) is 1. The number of benzene rings is 2. The Morgan fingerprint density at radius 1 is 1.09 bits per heavy atom. The van der Waals surface area contributed by atoms with Crippen molar-refractivity contribution in [1.29, 1.82) is 0 Å². The number of hydrogen-bond donors (Lipinski definition) is 0. The van der Waals surface area contributed by atoms with Gasteiger partial charge in [-0.3, -0.25) is 0 Å². The third-order valence-electron chi connectivity index (χ3n) is 4.44. The first-order valence-electron chi connectivity index (χ1n) is 7.84. The average Bonchev–Trinajstić information content (AvgIpc) is 2.55. The van der Waals surface area contributed by atoms with E-state index in [1.807, 2.05) is 42.5 Å². The van der Waals surface area contributed by atoms with E-state index in [0.717, 1.165) is 25.3 Å². The Morgan fingerprint density at radius 2 is 1.82 bits per heavy atom. The van der Waals surface area contributed by atoms with Crippen molar-refractivity contribution in [3.8, 4) is 5.75 Å². The summed E-state index contributed by atoms with van der Waals surface area (Å²) in [5.74, 6) is 1.59. The third-order valence-corrected chi connectivity index (χ3v) is 4.44. The van der Waals surface area contributed by atoms with Gasteiger partial charge in [0.05, 0.1) is 6.61 Å². The summed E-state index contributed by atoms with van der Waals surface area (Å²) in [7, 11) is 2.15. The Labute approximate surface area is 131 Å². The van der Waals surface area contributed by atoms with Gasteiger partial charge in [0.2, 0.25) is 0 Å². The smallest absolute Gasteiger partial charge is 0.123 e. The SMILES string of the molecule is CN1CC[C@@H](c2ccc(F)cc2)[C@H](COc2ccccc2)C1. The summed E-state index contributed by atoms with van der Waals surface area (Å²) in [5.41, 5.74) is 1.22. The second kappa shape index (κ2) is 6.93. The maximum Gasteiger partial charge on any atom is 0.123 e. The van der Waals surface area contributed by atoms with Crippen LogP contribution in [0.25, 0.3) is 0 Å². The molecule has 0 N–H and O–H groups in total. The van der Waals surface area contributed by atoms with E-state index in [-0.39, 0.29) is 5.82 Å². The van der Waals surface area contributed by atoms with Gasteiger partial charge in [-0.25, -0.2) is 4.39 Å². The van der Waals surface area contributed by atoms with Gasteiger partial charge in [-0.2, -0.15) is 0 Å². The van der Waals surface area contributed by atoms with Gasteiger partial charge in [0, 0.05) is 12.5 Å². The number of ether oxygens (including phenoxy) is 1. The molecule has 1 saturated heterocycles. The van der Waals surface area contributed by atoms with Crippen molar-refractivity contribution in [2.75, 3.05) is 26.7 Å². The predicted molar refractivity (Wildman–Crippen MR) is 86.7 cm³/mol. The monoisotopic (exact) mass is 299 g/mol. The van der Waals surface area contributed by atoms with Crippen molar-refractivity contribution >= 4 is 0 Å². The number of rotatable bonds is 4. The number of para-hydroxylation sites is 1. The molecule has 1 fully saturated rings. The van der Waals surface area contributed by atoms with Gasteiger partial charge in [0.1, 0.15) is 11.6 Å². The van der Waals surface area contributed by atoms with Crippen LogP contribution < -0.4 is 4.74 Å². The van der Waals surface area contributed by atoms with E-state index in [0.29, 0.717) is 18.4 Å². The van der Waals surface area contributed by atoms with Crippen molar-refractivity contribution < 1.29 is 9.13 Å².